The van der Waals surface area contributed by atoms with E-state index in [0.29, 0.717) is 5.11 Å². The Hall–Kier alpha value is -0.350. The van der Waals surface area contributed by atoms with E-state index in [2.05, 4.69) is 10.6 Å². The maximum atomic E-state index is 8.86. The highest BCUT2D eigenvalue weighted by atomic mass is 32.1. The second-order valence-electron chi connectivity index (χ2n) is 3.03. The fraction of sp³-hybridized carbons (Fsp3) is 0.857. The monoisotopic (exact) mass is 176 g/mol. The van der Waals surface area contributed by atoms with Crippen molar-refractivity contribution in [3.8, 4) is 0 Å². The number of hydrogen-bond acceptors (Lipinski definition) is 2. The summed E-state index contributed by atoms with van der Waals surface area (Å²) >= 11 is 4.93. The lowest BCUT2D eigenvalue weighted by Gasteiger charge is -2.25. The van der Waals surface area contributed by atoms with Gasteiger partial charge >= 0.3 is 0 Å². The molecule has 0 aromatic rings. The number of rotatable bonds is 3. The number of nitrogens with one attached hydrogen (secondary N) is 2. The summed E-state index contributed by atoms with van der Waals surface area (Å²) in [5.74, 6) is 0. The Morgan fingerprint density at radius 2 is 2.09 bits per heavy atom. The smallest absolute Gasteiger partial charge is 0.166 e. The molecular weight excluding hydrogens is 160 g/mol. The van der Waals surface area contributed by atoms with Gasteiger partial charge in [0.15, 0.2) is 5.11 Å². The van der Waals surface area contributed by atoms with Crippen LogP contribution in [-0.2, 0) is 0 Å². The lowest BCUT2D eigenvalue weighted by Crippen LogP contribution is -2.50. The molecule has 0 unspecified atom stereocenters. The highest BCUT2D eigenvalue weighted by molar-refractivity contribution is 7.80. The van der Waals surface area contributed by atoms with Gasteiger partial charge in [-0.25, -0.2) is 0 Å². The molecule has 0 aromatic heterocycles. The van der Waals surface area contributed by atoms with Crippen molar-refractivity contribution in [2.75, 3.05) is 13.2 Å². The predicted octanol–water partition coefficient (Wildman–Crippen LogP) is 0.241. The Labute approximate surface area is 73.2 Å². The summed E-state index contributed by atoms with van der Waals surface area (Å²) in [6, 6.07) is 0. The first-order valence-corrected chi connectivity index (χ1v) is 4.09. The van der Waals surface area contributed by atoms with E-state index < -0.39 is 0 Å². The van der Waals surface area contributed by atoms with Crippen LogP contribution < -0.4 is 10.6 Å². The zero-order valence-corrected chi connectivity index (χ0v) is 8.09. The van der Waals surface area contributed by atoms with Gasteiger partial charge in [-0.2, -0.15) is 0 Å². The summed E-state index contributed by atoms with van der Waals surface area (Å²) in [5, 5.41) is 15.4. The van der Waals surface area contributed by atoms with Crippen LogP contribution in [0.5, 0.6) is 0 Å². The molecule has 0 aliphatic carbocycles. The maximum absolute atomic E-state index is 8.86. The minimum atomic E-state index is -0.334. The van der Waals surface area contributed by atoms with Crippen molar-refractivity contribution in [2.24, 2.45) is 0 Å². The van der Waals surface area contributed by atoms with E-state index in [1.54, 1.807) is 0 Å². The number of aliphatic hydroxyl groups excluding tert-OH is 1. The molecule has 0 fully saturated rings. The minimum absolute atomic E-state index is 0.0680. The van der Waals surface area contributed by atoms with Gasteiger partial charge in [0.25, 0.3) is 0 Å². The van der Waals surface area contributed by atoms with Crippen LogP contribution in [0.3, 0.4) is 0 Å². The van der Waals surface area contributed by atoms with Gasteiger partial charge in [-0.1, -0.05) is 0 Å². The second-order valence-corrected chi connectivity index (χ2v) is 3.43. The van der Waals surface area contributed by atoms with Gasteiger partial charge in [-0.05, 0) is 33.0 Å². The molecule has 0 bridgehead atoms. The third-order valence-electron chi connectivity index (χ3n) is 1.18. The summed E-state index contributed by atoms with van der Waals surface area (Å²) in [7, 11) is 0. The fourth-order valence-electron chi connectivity index (χ4n) is 0.552. The first-order valence-electron chi connectivity index (χ1n) is 3.68. The molecule has 3 N–H and O–H groups in total. The molecule has 66 valence electrons. The van der Waals surface area contributed by atoms with Gasteiger partial charge < -0.3 is 15.7 Å². The van der Waals surface area contributed by atoms with E-state index in [1.165, 1.54) is 0 Å². The van der Waals surface area contributed by atoms with Crippen LogP contribution in [0.4, 0.5) is 0 Å². The Morgan fingerprint density at radius 3 is 2.45 bits per heavy atom. The molecule has 0 radical (unpaired) electrons. The van der Waals surface area contributed by atoms with Gasteiger partial charge in [0.05, 0.1) is 12.1 Å². The quantitative estimate of drug-likeness (QED) is 0.539. The van der Waals surface area contributed by atoms with Crippen molar-refractivity contribution in [1.29, 1.82) is 0 Å². The number of thiocarbonyl (C=S) groups is 1. The summed E-state index contributed by atoms with van der Waals surface area (Å²) < 4.78 is 0. The predicted molar refractivity (Wildman–Crippen MR) is 50.6 cm³/mol. The molecule has 0 amide bonds. The van der Waals surface area contributed by atoms with Crippen molar-refractivity contribution in [3.63, 3.8) is 0 Å². The minimum Gasteiger partial charge on any atom is -0.394 e. The Bertz CT molecular complexity index is 136. The molecule has 4 heteroatoms. The first kappa shape index (κ1) is 10.7. The molecule has 0 aliphatic rings. The third kappa shape index (κ3) is 4.98. The van der Waals surface area contributed by atoms with Crippen LogP contribution >= 0.6 is 12.2 Å². The molecule has 11 heavy (non-hydrogen) atoms. The van der Waals surface area contributed by atoms with E-state index in [4.69, 9.17) is 17.3 Å². The highest BCUT2D eigenvalue weighted by Gasteiger charge is 2.16. The highest BCUT2D eigenvalue weighted by Crippen LogP contribution is 1.98. The summed E-state index contributed by atoms with van der Waals surface area (Å²) in [5.41, 5.74) is -0.334. The molecule has 0 saturated heterocycles. The van der Waals surface area contributed by atoms with Crippen molar-refractivity contribution in [3.05, 3.63) is 0 Å². The van der Waals surface area contributed by atoms with Crippen LogP contribution in [0.1, 0.15) is 20.8 Å². The Morgan fingerprint density at radius 1 is 1.55 bits per heavy atom. The molecule has 0 aromatic carbocycles. The van der Waals surface area contributed by atoms with Crippen molar-refractivity contribution >= 4 is 17.3 Å². The van der Waals surface area contributed by atoms with Gasteiger partial charge in [0.1, 0.15) is 0 Å². The van der Waals surface area contributed by atoms with E-state index in [1.807, 2.05) is 20.8 Å². The van der Waals surface area contributed by atoms with E-state index in [0.717, 1.165) is 6.54 Å². The van der Waals surface area contributed by atoms with Crippen LogP contribution in [-0.4, -0.2) is 28.9 Å². The Kier molecular flexibility index (Phi) is 4.37. The molecule has 0 saturated carbocycles. The van der Waals surface area contributed by atoms with E-state index in [-0.39, 0.29) is 12.1 Å². The second kappa shape index (κ2) is 4.51. The largest absolute Gasteiger partial charge is 0.394 e. The van der Waals surface area contributed by atoms with Crippen LogP contribution in [0.2, 0.25) is 0 Å². The lowest BCUT2D eigenvalue weighted by atomic mass is 10.1. The zero-order chi connectivity index (χ0) is 8.91. The molecular formula is C7H16N2OS. The summed E-state index contributed by atoms with van der Waals surface area (Å²) in [4.78, 5) is 0. The van der Waals surface area contributed by atoms with Gasteiger partial charge in [-0.15, -0.1) is 0 Å². The van der Waals surface area contributed by atoms with E-state index >= 15 is 0 Å². The standard InChI is InChI=1S/C7H16N2OS/c1-4-8-6(11)9-7(2,3)5-10/h10H,4-5H2,1-3H3,(H2,8,9,11). The molecule has 0 rings (SSSR count). The summed E-state index contributed by atoms with van der Waals surface area (Å²) in [6.07, 6.45) is 0. The fourth-order valence-corrected chi connectivity index (χ4v) is 0.972. The number of aliphatic hydroxyl groups is 1. The van der Waals surface area contributed by atoms with Crippen LogP contribution in [0.25, 0.3) is 0 Å². The number of hydrogen-bond donors (Lipinski definition) is 3. The summed E-state index contributed by atoms with van der Waals surface area (Å²) in [6.45, 7) is 6.61. The SMILES string of the molecule is CCNC(=S)NC(C)(C)CO. The average molecular weight is 176 g/mol. The maximum Gasteiger partial charge on any atom is 0.166 e. The van der Waals surface area contributed by atoms with Crippen LogP contribution in [0.15, 0.2) is 0 Å². The van der Waals surface area contributed by atoms with Crippen molar-refractivity contribution < 1.29 is 5.11 Å². The van der Waals surface area contributed by atoms with Gasteiger partial charge in [0, 0.05) is 6.54 Å². The molecule has 3 nitrogen and oxygen atoms in total. The lowest BCUT2D eigenvalue weighted by molar-refractivity contribution is 0.206. The molecule has 0 heterocycles. The molecule has 0 atom stereocenters. The van der Waals surface area contributed by atoms with E-state index in [9.17, 15) is 0 Å². The molecule has 0 spiro atoms. The van der Waals surface area contributed by atoms with Gasteiger partial charge in [-0.3, -0.25) is 0 Å². The van der Waals surface area contributed by atoms with Crippen LogP contribution in [0, 0.1) is 0 Å². The topological polar surface area (TPSA) is 44.3 Å². The average Bonchev–Trinajstić information content (AvgIpc) is 1.87. The normalized spacial score (nSPS) is 10.9. The third-order valence-corrected chi connectivity index (χ3v) is 1.43. The zero-order valence-electron chi connectivity index (χ0n) is 7.27. The van der Waals surface area contributed by atoms with Crippen molar-refractivity contribution in [2.45, 2.75) is 26.3 Å². The van der Waals surface area contributed by atoms with Crippen molar-refractivity contribution in [1.82, 2.24) is 10.6 Å². The first-order chi connectivity index (χ1) is 5.02. The van der Waals surface area contributed by atoms with Gasteiger partial charge in [0.2, 0.25) is 0 Å². The Balaban J connectivity index is 3.74. The molecule has 0 aliphatic heterocycles.